The van der Waals surface area contributed by atoms with Crippen LogP contribution < -0.4 is 10.1 Å². The van der Waals surface area contributed by atoms with Crippen molar-refractivity contribution in [2.75, 3.05) is 18.2 Å². The SMILES string of the molecule is COc1ccc(-c2nc(NC(=O)CSc3ccccc3C)sc2C)cc1. The number of ether oxygens (including phenoxy) is 1. The minimum atomic E-state index is -0.0479. The highest BCUT2D eigenvalue weighted by molar-refractivity contribution is 8.00. The first-order chi connectivity index (χ1) is 12.6. The van der Waals surface area contributed by atoms with Crippen LogP contribution in [0.2, 0.25) is 0 Å². The van der Waals surface area contributed by atoms with E-state index in [1.54, 1.807) is 7.11 Å². The fourth-order valence-corrected chi connectivity index (χ4v) is 4.16. The zero-order valence-electron chi connectivity index (χ0n) is 14.9. The van der Waals surface area contributed by atoms with E-state index >= 15 is 0 Å². The second-order valence-corrected chi connectivity index (χ2v) is 7.98. The van der Waals surface area contributed by atoms with E-state index in [0.29, 0.717) is 10.9 Å². The van der Waals surface area contributed by atoms with E-state index in [4.69, 9.17) is 4.74 Å². The third-order valence-corrected chi connectivity index (χ3v) is 5.92. The number of hydrogen-bond donors (Lipinski definition) is 1. The molecule has 0 saturated carbocycles. The standard InChI is InChI=1S/C20H20N2O2S2/c1-13-6-4-5-7-17(13)25-12-18(23)21-20-22-19(14(2)26-20)15-8-10-16(24-3)11-9-15/h4-11H,12H2,1-3H3,(H,21,22,23). The number of rotatable bonds is 6. The molecule has 134 valence electrons. The van der Waals surface area contributed by atoms with Crippen molar-refractivity contribution in [1.82, 2.24) is 4.98 Å². The normalized spacial score (nSPS) is 10.6. The number of thioether (sulfide) groups is 1. The summed E-state index contributed by atoms with van der Waals surface area (Å²) < 4.78 is 5.19. The van der Waals surface area contributed by atoms with Crippen molar-refractivity contribution in [2.45, 2.75) is 18.7 Å². The third-order valence-electron chi connectivity index (χ3n) is 3.86. The number of carbonyl (C=O) groups excluding carboxylic acids is 1. The van der Waals surface area contributed by atoms with Crippen LogP contribution in [0, 0.1) is 13.8 Å². The molecule has 26 heavy (non-hydrogen) atoms. The van der Waals surface area contributed by atoms with Crippen LogP contribution in [0.4, 0.5) is 5.13 Å². The molecule has 0 atom stereocenters. The molecule has 0 aliphatic rings. The number of aromatic nitrogens is 1. The lowest BCUT2D eigenvalue weighted by Gasteiger charge is -2.05. The average molecular weight is 385 g/mol. The summed E-state index contributed by atoms with van der Waals surface area (Å²) in [5.41, 5.74) is 3.08. The lowest BCUT2D eigenvalue weighted by Crippen LogP contribution is -2.13. The second kappa shape index (κ2) is 8.38. The highest BCUT2D eigenvalue weighted by Crippen LogP contribution is 2.31. The van der Waals surface area contributed by atoms with E-state index in [0.717, 1.165) is 26.8 Å². The molecule has 0 aliphatic carbocycles. The van der Waals surface area contributed by atoms with Gasteiger partial charge in [0.1, 0.15) is 5.75 Å². The molecule has 0 unspecified atom stereocenters. The van der Waals surface area contributed by atoms with Crippen LogP contribution in [0.15, 0.2) is 53.4 Å². The van der Waals surface area contributed by atoms with Crippen molar-refractivity contribution in [3.63, 3.8) is 0 Å². The molecule has 3 aromatic rings. The van der Waals surface area contributed by atoms with Gasteiger partial charge in [-0.15, -0.1) is 23.1 Å². The maximum absolute atomic E-state index is 12.3. The Morgan fingerprint density at radius 2 is 1.88 bits per heavy atom. The molecule has 1 amide bonds. The van der Waals surface area contributed by atoms with Crippen molar-refractivity contribution in [1.29, 1.82) is 0 Å². The summed E-state index contributed by atoms with van der Waals surface area (Å²) in [4.78, 5) is 19.0. The predicted molar refractivity (Wildman–Crippen MR) is 109 cm³/mol. The number of carbonyl (C=O) groups is 1. The van der Waals surface area contributed by atoms with Gasteiger partial charge in [0.15, 0.2) is 5.13 Å². The van der Waals surface area contributed by atoms with Crippen molar-refractivity contribution in [2.24, 2.45) is 0 Å². The summed E-state index contributed by atoms with van der Waals surface area (Å²) in [6.45, 7) is 4.06. The fourth-order valence-electron chi connectivity index (χ4n) is 2.48. The summed E-state index contributed by atoms with van der Waals surface area (Å²) >= 11 is 3.03. The van der Waals surface area contributed by atoms with Gasteiger partial charge in [0, 0.05) is 15.3 Å². The zero-order valence-corrected chi connectivity index (χ0v) is 16.5. The van der Waals surface area contributed by atoms with E-state index < -0.39 is 0 Å². The molecule has 1 aromatic heterocycles. The van der Waals surface area contributed by atoms with Crippen LogP contribution in [0.25, 0.3) is 11.3 Å². The van der Waals surface area contributed by atoms with E-state index in [2.05, 4.69) is 10.3 Å². The maximum atomic E-state index is 12.3. The van der Waals surface area contributed by atoms with Crippen molar-refractivity contribution in [3.8, 4) is 17.0 Å². The number of anilines is 1. The zero-order chi connectivity index (χ0) is 18.5. The van der Waals surface area contributed by atoms with Gasteiger partial charge in [-0.2, -0.15) is 0 Å². The quantitative estimate of drug-likeness (QED) is 0.596. The molecule has 0 saturated heterocycles. The smallest absolute Gasteiger partial charge is 0.236 e. The van der Waals surface area contributed by atoms with Crippen LogP contribution in [0.5, 0.6) is 5.75 Å². The highest BCUT2D eigenvalue weighted by atomic mass is 32.2. The second-order valence-electron chi connectivity index (χ2n) is 5.75. The summed E-state index contributed by atoms with van der Waals surface area (Å²) in [6, 6.07) is 15.8. The molecule has 0 spiro atoms. The minimum Gasteiger partial charge on any atom is -0.497 e. The molecule has 3 rings (SSSR count). The Balaban J connectivity index is 1.65. The first-order valence-electron chi connectivity index (χ1n) is 8.17. The molecule has 0 radical (unpaired) electrons. The summed E-state index contributed by atoms with van der Waals surface area (Å²) in [5.74, 6) is 1.12. The number of amides is 1. The first kappa shape index (κ1) is 18.5. The van der Waals surface area contributed by atoms with Gasteiger partial charge in [-0.05, 0) is 49.7 Å². The van der Waals surface area contributed by atoms with Crippen molar-refractivity contribution in [3.05, 3.63) is 59.0 Å². The molecule has 4 nitrogen and oxygen atoms in total. The average Bonchev–Trinajstić information content (AvgIpc) is 3.01. The lowest BCUT2D eigenvalue weighted by atomic mass is 10.1. The Morgan fingerprint density at radius 1 is 1.15 bits per heavy atom. The number of methoxy groups -OCH3 is 1. The fraction of sp³-hybridized carbons (Fsp3) is 0.200. The third kappa shape index (κ3) is 4.45. The molecule has 2 aromatic carbocycles. The maximum Gasteiger partial charge on any atom is 0.236 e. The first-order valence-corrected chi connectivity index (χ1v) is 9.97. The summed E-state index contributed by atoms with van der Waals surface area (Å²) in [5, 5.41) is 3.54. The van der Waals surface area contributed by atoms with Crippen LogP contribution in [0.1, 0.15) is 10.4 Å². The van der Waals surface area contributed by atoms with Gasteiger partial charge in [-0.1, -0.05) is 18.2 Å². The topological polar surface area (TPSA) is 51.2 Å². The molecular weight excluding hydrogens is 364 g/mol. The Morgan fingerprint density at radius 3 is 2.58 bits per heavy atom. The predicted octanol–water partition coefficient (Wildman–Crippen LogP) is 5.17. The molecule has 1 heterocycles. The highest BCUT2D eigenvalue weighted by Gasteiger charge is 2.13. The van der Waals surface area contributed by atoms with Crippen molar-refractivity contribution < 1.29 is 9.53 Å². The van der Waals surface area contributed by atoms with Gasteiger partial charge >= 0.3 is 0 Å². The van der Waals surface area contributed by atoms with Gasteiger partial charge in [0.05, 0.1) is 18.6 Å². The summed E-state index contributed by atoms with van der Waals surface area (Å²) in [6.07, 6.45) is 0. The van der Waals surface area contributed by atoms with Gasteiger partial charge in [-0.25, -0.2) is 4.98 Å². The van der Waals surface area contributed by atoms with E-state index in [1.165, 1.54) is 28.7 Å². The van der Waals surface area contributed by atoms with Crippen LogP contribution in [0.3, 0.4) is 0 Å². The molecule has 0 fully saturated rings. The monoisotopic (exact) mass is 384 g/mol. The molecule has 0 aliphatic heterocycles. The molecule has 0 bridgehead atoms. The lowest BCUT2D eigenvalue weighted by molar-refractivity contribution is -0.113. The van der Waals surface area contributed by atoms with Crippen LogP contribution in [-0.2, 0) is 4.79 Å². The van der Waals surface area contributed by atoms with Gasteiger partial charge in [-0.3, -0.25) is 4.79 Å². The number of hydrogen-bond acceptors (Lipinski definition) is 5. The number of nitrogens with zero attached hydrogens (tertiary/aromatic N) is 1. The Bertz CT molecular complexity index is 904. The number of thiazole rings is 1. The number of aryl methyl sites for hydroxylation is 2. The van der Waals surface area contributed by atoms with E-state index in [9.17, 15) is 4.79 Å². The van der Waals surface area contributed by atoms with Gasteiger partial charge in [0.25, 0.3) is 0 Å². The Kier molecular flexibility index (Phi) is 5.96. The largest absolute Gasteiger partial charge is 0.497 e. The van der Waals surface area contributed by atoms with Crippen molar-refractivity contribution >= 4 is 34.1 Å². The minimum absolute atomic E-state index is 0.0479. The molecule has 1 N–H and O–H groups in total. The van der Waals surface area contributed by atoms with E-state index in [-0.39, 0.29) is 5.91 Å². The molecule has 6 heteroatoms. The number of nitrogens with one attached hydrogen (secondary N) is 1. The Labute approximate surface area is 161 Å². The van der Waals surface area contributed by atoms with Crippen LogP contribution in [-0.4, -0.2) is 23.8 Å². The van der Waals surface area contributed by atoms with Crippen LogP contribution >= 0.6 is 23.1 Å². The van der Waals surface area contributed by atoms with E-state index in [1.807, 2.05) is 62.4 Å². The molecular formula is C20H20N2O2S2. The Hall–Kier alpha value is -2.31. The van der Waals surface area contributed by atoms with Gasteiger partial charge in [0.2, 0.25) is 5.91 Å². The summed E-state index contributed by atoms with van der Waals surface area (Å²) in [7, 11) is 1.64. The van der Waals surface area contributed by atoms with Gasteiger partial charge < -0.3 is 10.1 Å². The number of benzene rings is 2.